The monoisotopic (exact) mass is 429 g/mol. The highest BCUT2D eigenvalue weighted by Gasteiger charge is 2.29. The predicted octanol–water partition coefficient (Wildman–Crippen LogP) is 4.09. The Morgan fingerprint density at radius 2 is 1.92 bits per heavy atom. The lowest BCUT2D eigenvalue weighted by Crippen LogP contribution is -2.42. The van der Waals surface area contributed by atoms with Gasteiger partial charge >= 0.3 is 0 Å². The molecule has 6 heteroatoms. The Hall–Kier alpha value is -0.270. The first kappa shape index (κ1) is 21.0. The zero-order valence-corrected chi connectivity index (χ0v) is 18.7. The molecule has 0 amide bonds. The average molecular weight is 430 g/mol. The minimum absolute atomic E-state index is 0.0251. The maximum Gasteiger partial charge on any atom is 0.136 e. The van der Waals surface area contributed by atoms with Gasteiger partial charge in [-0.05, 0) is 78.4 Å². The Balaban J connectivity index is 2.07. The lowest BCUT2D eigenvalue weighted by Gasteiger charge is -2.36. The van der Waals surface area contributed by atoms with Crippen LogP contribution in [-0.2, 0) is 11.4 Å². The van der Waals surface area contributed by atoms with Gasteiger partial charge < -0.3 is 14.4 Å². The Kier molecular flexibility index (Phi) is 7.25. The number of likely N-dealkylation sites (tertiary alicyclic amines) is 1. The van der Waals surface area contributed by atoms with Crippen molar-refractivity contribution in [2.24, 2.45) is 0 Å². The number of anilines is 1. The molecule has 1 aliphatic rings. The first-order valence-corrected chi connectivity index (χ1v) is 10.9. The molecule has 0 bridgehead atoms. The van der Waals surface area contributed by atoms with Gasteiger partial charge in [0.15, 0.2) is 0 Å². The maximum absolute atomic E-state index is 12.3. The number of hydrogen-bond acceptors (Lipinski definition) is 4. The fraction of sp³-hybridized carbons (Fsp3) is 0.684. The third-order valence-corrected chi connectivity index (χ3v) is 7.30. The van der Waals surface area contributed by atoms with Crippen molar-refractivity contribution in [2.75, 3.05) is 32.1 Å². The molecule has 1 fully saturated rings. The van der Waals surface area contributed by atoms with Gasteiger partial charge in [0.1, 0.15) is 4.75 Å². The summed E-state index contributed by atoms with van der Waals surface area (Å²) in [4.78, 5) is 4.79. The number of benzene rings is 1. The Morgan fingerprint density at radius 3 is 2.44 bits per heavy atom. The summed E-state index contributed by atoms with van der Waals surface area (Å²) >= 11 is 2.63. The van der Waals surface area contributed by atoms with Gasteiger partial charge in [0.25, 0.3) is 0 Å². The molecule has 0 spiro atoms. The summed E-state index contributed by atoms with van der Waals surface area (Å²) in [7, 11) is 4.38. The smallest absolute Gasteiger partial charge is 0.136 e. The van der Waals surface area contributed by atoms with Crippen LogP contribution >= 0.6 is 15.9 Å². The van der Waals surface area contributed by atoms with E-state index >= 15 is 0 Å². The zero-order chi connectivity index (χ0) is 18.8. The van der Waals surface area contributed by atoms with Gasteiger partial charge in [0.05, 0.1) is 6.04 Å². The van der Waals surface area contributed by atoms with Crippen LogP contribution in [0.1, 0.15) is 52.1 Å². The van der Waals surface area contributed by atoms with E-state index in [1.54, 1.807) is 0 Å². The molecule has 1 heterocycles. The standard InChI is InChI=1S/C19H32BrN3OS/c1-14(21-25(24)19(2,3)4)17-8-7-16(13-18(17)20)23(6)15-9-11-22(5)12-10-15/h7-8,13-15,21H,9-12H2,1-6H3/t14-,25?/m0/s1. The van der Waals surface area contributed by atoms with E-state index in [0.29, 0.717) is 6.04 Å². The summed E-state index contributed by atoms with van der Waals surface area (Å²) in [6.45, 7) is 10.3. The number of nitrogens with zero attached hydrogens (tertiary/aromatic N) is 2. The second-order valence-corrected chi connectivity index (χ2v) is 10.9. The Labute approximate surface area is 164 Å². The van der Waals surface area contributed by atoms with E-state index in [1.807, 2.05) is 20.8 Å². The molecule has 25 heavy (non-hydrogen) atoms. The molecule has 1 N–H and O–H groups in total. The third-order valence-electron chi connectivity index (χ3n) is 4.93. The van der Waals surface area contributed by atoms with Crippen LogP contribution in [0.15, 0.2) is 22.7 Å². The average Bonchev–Trinajstić information content (AvgIpc) is 2.53. The molecule has 1 aromatic carbocycles. The van der Waals surface area contributed by atoms with Gasteiger partial charge in [-0.15, -0.1) is 4.72 Å². The van der Waals surface area contributed by atoms with Crippen molar-refractivity contribution in [3.05, 3.63) is 28.2 Å². The van der Waals surface area contributed by atoms with Gasteiger partial charge in [-0.2, -0.15) is 0 Å². The summed E-state index contributed by atoms with van der Waals surface area (Å²) < 4.78 is 16.4. The minimum atomic E-state index is -1.08. The molecule has 0 aromatic heterocycles. The van der Waals surface area contributed by atoms with Crippen molar-refractivity contribution >= 4 is 33.0 Å². The van der Waals surface area contributed by atoms with E-state index in [9.17, 15) is 4.55 Å². The highest BCUT2D eigenvalue weighted by atomic mass is 79.9. The molecule has 0 aliphatic carbocycles. The molecule has 2 atom stereocenters. The van der Waals surface area contributed by atoms with Crippen molar-refractivity contribution in [1.82, 2.24) is 9.62 Å². The molecular formula is C19H32BrN3OS. The van der Waals surface area contributed by atoms with Gasteiger partial charge in [0.2, 0.25) is 0 Å². The molecule has 1 unspecified atom stereocenters. The second kappa shape index (κ2) is 8.61. The highest BCUT2D eigenvalue weighted by Crippen LogP contribution is 2.31. The van der Waals surface area contributed by atoms with Gasteiger partial charge in [-0.1, -0.05) is 22.0 Å². The van der Waals surface area contributed by atoms with Crippen LogP contribution < -0.4 is 9.62 Å². The van der Waals surface area contributed by atoms with E-state index < -0.39 is 11.4 Å². The van der Waals surface area contributed by atoms with Crippen LogP contribution in [0.3, 0.4) is 0 Å². The van der Waals surface area contributed by atoms with Crippen LogP contribution in [-0.4, -0.2) is 47.4 Å². The fourth-order valence-corrected chi connectivity index (χ4v) is 4.59. The maximum atomic E-state index is 12.3. The Bertz CT molecular complexity index is 570. The van der Waals surface area contributed by atoms with E-state index in [0.717, 1.165) is 23.1 Å². The van der Waals surface area contributed by atoms with Crippen LogP contribution in [0.4, 0.5) is 5.69 Å². The van der Waals surface area contributed by atoms with Crippen molar-refractivity contribution in [3.63, 3.8) is 0 Å². The summed E-state index contributed by atoms with van der Waals surface area (Å²) in [5.41, 5.74) is 2.37. The molecule has 1 aliphatic heterocycles. The highest BCUT2D eigenvalue weighted by molar-refractivity contribution is 9.10. The quantitative estimate of drug-likeness (QED) is 0.715. The first-order chi connectivity index (χ1) is 11.6. The summed E-state index contributed by atoms with van der Waals surface area (Å²) in [5.74, 6) is 0. The largest absolute Gasteiger partial charge is 0.598 e. The van der Waals surface area contributed by atoms with Crippen molar-refractivity contribution < 1.29 is 4.55 Å². The summed E-state index contributed by atoms with van der Waals surface area (Å²) in [5, 5.41) is 0. The van der Waals surface area contributed by atoms with Crippen LogP contribution in [0.5, 0.6) is 0 Å². The number of halogens is 1. The SMILES string of the molecule is C[C@H](N[S+]([O-])C(C)(C)C)c1ccc(N(C)C2CCN(C)CC2)cc1Br. The van der Waals surface area contributed by atoms with E-state index in [2.05, 4.69) is 69.7 Å². The number of hydrogen-bond donors (Lipinski definition) is 1. The van der Waals surface area contributed by atoms with Crippen molar-refractivity contribution in [3.8, 4) is 0 Å². The molecule has 1 aromatic rings. The van der Waals surface area contributed by atoms with Crippen LogP contribution in [0.25, 0.3) is 0 Å². The fourth-order valence-electron chi connectivity index (χ4n) is 3.08. The second-order valence-electron chi connectivity index (χ2n) is 8.07. The molecule has 2 rings (SSSR count). The molecule has 1 saturated heterocycles. The van der Waals surface area contributed by atoms with Crippen molar-refractivity contribution in [1.29, 1.82) is 0 Å². The first-order valence-electron chi connectivity index (χ1n) is 8.98. The van der Waals surface area contributed by atoms with Gasteiger partial charge in [-0.25, -0.2) is 0 Å². The topological polar surface area (TPSA) is 41.6 Å². The predicted molar refractivity (Wildman–Crippen MR) is 113 cm³/mol. The lowest BCUT2D eigenvalue weighted by atomic mass is 10.0. The molecule has 0 radical (unpaired) electrons. The Morgan fingerprint density at radius 1 is 1.32 bits per heavy atom. The number of piperidine rings is 1. The zero-order valence-electron chi connectivity index (χ0n) is 16.3. The number of rotatable bonds is 5. The molecule has 142 valence electrons. The van der Waals surface area contributed by atoms with Gasteiger partial charge in [-0.3, -0.25) is 0 Å². The van der Waals surface area contributed by atoms with Gasteiger partial charge in [0, 0.05) is 34.6 Å². The van der Waals surface area contributed by atoms with Crippen molar-refractivity contribution in [2.45, 2.75) is 57.4 Å². The lowest BCUT2D eigenvalue weighted by molar-refractivity contribution is 0.253. The molecular weight excluding hydrogens is 398 g/mol. The molecule has 4 nitrogen and oxygen atoms in total. The van der Waals surface area contributed by atoms with Crippen LogP contribution in [0.2, 0.25) is 0 Å². The van der Waals surface area contributed by atoms with Crippen LogP contribution in [0, 0.1) is 0 Å². The third kappa shape index (κ3) is 5.60. The summed E-state index contributed by atoms with van der Waals surface area (Å²) in [6, 6.07) is 7.13. The van der Waals surface area contributed by atoms with E-state index in [1.165, 1.54) is 18.5 Å². The van der Waals surface area contributed by atoms with E-state index in [-0.39, 0.29) is 10.8 Å². The minimum Gasteiger partial charge on any atom is -0.598 e. The normalized spacial score (nSPS) is 19.7. The molecule has 0 saturated carbocycles. The summed E-state index contributed by atoms with van der Waals surface area (Å²) in [6.07, 6.45) is 2.41. The number of nitrogens with one attached hydrogen (secondary N) is 1. The van der Waals surface area contributed by atoms with E-state index in [4.69, 9.17) is 0 Å².